The topological polar surface area (TPSA) is 61.2 Å². The Labute approximate surface area is 123 Å². The molecular weight excluding hydrogens is 268 g/mol. The molecule has 0 bridgehead atoms. The molecule has 0 aliphatic heterocycles. The molecule has 1 heterocycles. The van der Waals surface area contributed by atoms with Crippen LogP contribution in [0.2, 0.25) is 0 Å². The molecule has 2 rings (SSSR count). The van der Waals surface area contributed by atoms with Crippen LogP contribution >= 0.6 is 0 Å². The van der Waals surface area contributed by atoms with E-state index in [9.17, 15) is 9.59 Å². The monoisotopic (exact) mass is 288 g/mol. The Bertz CT molecular complexity index is 719. The van der Waals surface area contributed by atoms with E-state index in [0.717, 1.165) is 17.5 Å². The molecule has 0 spiro atoms. The minimum absolute atomic E-state index is 0.148. The highest BCUT2D eigenvalue weighted by molar-refractivity contribution is 5.84. The van der Waals surface area contributed by atoms with Gasteiger partial charge in [-0.2, -0.15) is 5.10 Å². The van der Waals surface area contributed by atoms with Gasteiger partial charge in [-0.1, -0.05) is 19.9 Å². The van der Waals surface area contributed by atoms with Gasteiger partial charge in [-0.15, -0.1) is 0 Å². The SMILES string of the molecule is CCOC(=O)Cn1nc(CC)c2cc(CC)ccc2c1=O. The lowest BCUT2D eigenvalue weighted by molar-refractivity contribution is -0.144. The van der Waals surface area contributed by atoms with Crippen LogP contribution in [0, 0.1) is 0 Å². The predicted octanol–water partition coefficient (Wildman–Crippen LogP) is 2.08. The van der Waals surface area contributed by atoms with Gasteiger partial charge in [0.1, 0.15) is 6.54 Å². The van der Waals surface area contributed by atoms with Crippen molar-refractivity contribution in [1.82, 2.24) is 9.78 Å². The fourth-order valence-electron chi connectivity index (χ4n) is 2.32. The third-order valence-corrected chi connectivity index (χ3v) is 3.43. The van der Waals surface area contributed by atoms with Gasteiger partial charge in [0.2, 0.25) is 0 Å². The van der Waals surface area contributed by atoms with Crippen LogP contribution in [0.1, 0.15) is 32.0 Å². The zero-order valence-electron chi connectivity index (χ0n) is 12.7. The summed E-state index contributed by atoms with van der Waals surface area (Å²) in [7, 11) is 0. The highest BCUT2D eigenvalue weighted by atomic mass is 16.5. The number of carbonyl (C=O) groups excluding carboxylic acids is 1. The van der Waals surface area contributed by atoms with Crippen molar-refractivity contribution >= 4 is 16.7 Å². The molecule has 0 aliphatic carbocycles. The predicted molar refractivity (Wildman–Crippen MR) is 81.4 cm³/mol. The third kappa shape index (κ3) is 3.12. The van der Waals surface area contributed by atoms with Gasteiger partial charge in [0, 0.05) is 5.39 Å². The van der Waals surface area contributed by atoms with Crippen LogP contribution < -0.4 is 5.56 Å². The Morgan fingerprint density at radius 3 is 2.57 bits per heavy atom. The van der Waals surface area contributed by atoms with Crippen LogP contribution in [0.15, 0.2) is 23.0 Å². The van der Waals surface area contributed by atoms with Gasteiger partial charge in [-0.25, -0.2) is 4.68 Å². The molecule has 0 unspecified atom stereocenters. The van der Waals surface area contributed by atoms with Gasteiger partial charge in [-0.3, -0.25) is 9.59 Å². The first kappa shape index (κ1) is 15.2. The van der Waals surface area contributed by atoms with E-state index in [1.807, 2.05) is 25.1 Å². The fourth-order valence-corrected chi connectivity index (χ4v) is 2.32. The van der Waals surface area contributed by atoms with Crippen molar-refractivity contribution in [1.29, 1.82) is 0 Å². The van der Waals surface area contributed by atoms with Crippen molar-refractivity contribution in [2.75, 3.05) is 6.61 Å². The summed E-state index contributed by atoms with van der Waals surface area (Å²) in [4.78, 5) is 24.0. The molecule has 21 heavy (non-hydrogen) atoms. The minimum atomic E-state index is -0.446. The van der Waals surface area contributed by atoms with E-state index in [1.54, 1.807) is 6.92 Å². The Balaban J connectivity index is 2.57. The summed E-state index contributed by atoms with van der Waals surface area (Å²) in [5.74, 6) is -0.446. The van der Waals surface area contributed by atoms with Gasteiger partial charge in [0.05, 0.1) is 17.7 Å². The molecule has 1 aromatic carbocycles. The van der Waals surface area contributed by atoms with Gasteiger partial charge >= 0.3 is 5.97 Å². The van der Waals surface area contributed by atoms with Crippen molar-refractivity contribution in [2.45, 2.75) is 40.2 Å². The summed E-state index contributed by atoms with van der Waals surface area (Å²) in [5.41, 5.74) is 1.74. The summed E-state index contributed by atoms with van der Waals surface area (Å²) in [6.07, 6.45) is 1.61. The zero-order chi connectivity index (χ0) is 15.4. The van der Waals surface area contributed by atoms with E-state index in [0.29, 0.717) is 18.4 Å². The lowest BCUT2D eigenvalue weighted by atomic mass is 10.0. The standard InChI is InChI=1S/C16H20N2O3/c1-4-11-7-8-12-13(9-11)14(5-2)17-18(16(12)20)10-15(19)21-6-3/h7-9H,4-6,10H2,1-3H3. The number of fused-ring (bicyclic) bond motifs is 1. The number of hydrogen-bond acceptors (Lipinski definition) is 4. The Morgan fingerprint density at radius 2 is 1.95 bits per heavy atom. The second kappa shape index (κ2) is 6.52. The maximum atomic E-state index is 12.4. The Kier molecular flexibility index (Phi) is 4.73. The van der Waals surface area contributed by atoms with Crippen molar-refractivity contribution in [3.05, 3.63) is 39.8 Å². The molecule has 0 N–H and O–H groups in total. The van der Waals surface area contributed by atoms with Crippen LogP contribution in [-0.2, 0) is 28.9 Å². The summed E-state index contributed by atoms with van der Waals surface area (Å²) >= 11 is 0. The molecule has 0 radical (unpaired) electrons. The van der Waals surface area contributed by atoms with E-state index >= 15 is 0 Å². The summed E-state index contributed by atoms with van der Waals surface area (Å²) in [6, 6.07) is 5.77. The lowest BCUT2D eigenvalue weighted by Crippen LogP contribution is -2.29. The Hall–Kier alpha value is -2.17. The molecule has 0 aliphatic rings. The quantitative estimate of drug-likeness (QED) is 0.790. The molecule has 0 amide bonds. The molecule has 0 saturated heterocycles. The number of rotatable bonds is 5. The highest BCUT2D eigenvalue weighted by Crippen LogP contribution is 2.17. The molecule has 1 aromatic heterocycles. The van der Waals surface area contributed by atoms with Crippen molar-refractivity contribution in [3.8, 4) is 0 Å². The maximum absolute atomic E-state index is 12.4. The first-order valence-corrected chi connectivity index (χ1v) is 7.28. The van der Waals surface area contributed by atoms with E-state index in [1.165, 1.54) is 10.2 Å². The smallest absolute Gasteiger partial charge is 0.327 e. The average Bonchev–Trinajstić information content (AvgIpc) is 2.49. The van der Waals surface area contributed by atoms with Gasteiger partial charge in [-0.05, 0) is 37.5 Å². The van der Waals surface area contributed by atoms with Gasteiger partial charge in [0.25, 0.3) is 5.56 Å². The maximum Gasteiger partial charge on any atom is 0.327 e. The number of aryl methyl sites for hydroxylation is 2. The molecule has 5 nitrogen and oxygen atoms in total. The number of carbonyl (C=O) groups is 1. The van der Waals surface area contributed by atoms with E-state index in [4.69, 9.17) is 4.74 Å². The second-order valence-corrected chi connectivity index (χ2v) is 4.80. The molecule has 0 saturated carbocycles. The third-order valence-electron chi connectivity index (χ3n) is 3.43. The van der Waals surface area contributed by atoms with Crippen LogP contribution in [0.25, 0.3) is 10.8 Å². The number of esters is 1. The molecule has 0 atom stereocenters. The number of nitrogens with zero attached hydrogens (tertiary/aromatic N) is 2. The first-order valence-electron chi connectivity index (χ1n) is 7.28. The Morgan fingerprint density at radius 1 is 1.19 bits per heavy atom. The van der Waals surface area contributed by atoms with Gasteiger partial charge < -0.3 is 4.74 Å². The number of benzene rings is 1. The van der Waals surface area contributed by atoms with Gasteiger partial charge in [0.15, 0.2) is 0 Å². The van der Waals surface area contributed by atoms with E-state index in [2.05, 4.69) is 12.0 Å². The number of aromatic nitrogens is 2. The highest BCUT2D eigenvalue weighted by Gasteiger charge is 2.13. The van der Waals surface area contributed by atoms with E-state index in [-0.39, 0.29) is 12.1 Å². The lowest BCUT2D eigenvalue weighted by Gasteiger charge is -2.10. The van der Waals surface area contributed by atoms with Crippen molar-refractivity contribution in [3.63, 3.8) is 0 Å². The van der Waals surface area contributed by atoms with Crippen molar-refractivity contribution < 1.29 is 9.53 Å². The van der Waals surface area contributed by atoms with Crippen LogP contribution in [0.5, 0.6) is 0 Å². The van der Waals surface area contributed by atoms with Crippen molar-refractivity contribution in [2.24, 2.45) is 0 Å². The number of ether oxygens (including phenoxy) is 1. The van der Waals surface area contributed by atoms with Crippen LogP contribution in [0.3, 0.4) is 0 Å². The summed E-state index contributed by atoms with van der Waals surface area (Å²) in [6.45, 7) is 5.94. The largest absolute Gasteiger partial charge is 0.465 e. The average molecular weight is 288 g/mol. The summed E-state index contributed by atoms with van der Waals surface area (Å²) < 4.78 is 6.08. The molecule has 0 fully saturated rings. The molecule has 5 heteroatoms. The minimum Gasteiger partial charge on any atom is -0.465 e. The van der Waals surface area contributed by atoms with Crippen LogP contribution in [0.4, 0.5) is 0 Å². The zero-order valence-corrected chi connectivity index (χ0v) is 12.7. The second-order valence-electron chi connectivity index (χ2n) is 4.80. The normalized spacial score (nSPS) is 10.8. The summed E-state index contributed by atoms with van der Waals surface area (Å²) in [5, 5.41) is 5.80. The van der Waals surface area contributed by atoms with E-state index < -0.39 is 5.97 Å². The first-order chi connectivity index (χ1) is 10.1. The molecule has 2 aromatic rings. The number of hydrogen-bond donors (Lipinski definition) is 0. The molecule has 112 valence electrons. The molecular formula is C16H20N2O3. The fraction of sp³-hybridized carbons (Fsp3) is 0.438. The van der Waals surface area contributed by atoms with Crippen LogP contribution in [-0.4, -0.2) is 22.4 Å².